The maximum absolute atomic E-state index is 12.6. The maximum atomic E-state index is 12.6. The van der Waals surface area contributed by atoms with E-state index in [9.17, 15) is 9.59 Å². The van der Waals surface area contributed by atoms with Gasteiger partial charge in [0.25, 0.3) is 11.8 Å². The van der Waals surface area contributed by atoms with Gasteiger partial charge in [0.15, 0.2) is 11.5 Å². The number of hydrogen-bond donors (Lipinski definition) is 1. The monoisotopic (exact) mass is 404 g/mol. The predicted molar refractivity (Wildman–Crippen MR) is 105 cm³/mol. The second-order valence-electron chi connectivity index (χ2n) is 6.67. The minimum absolute atomic E-state index is 0.00361. The fraction of sp³-hybridized carbons (Fsp3) is 0.474. The van der Waals surface area contributed by atoms with Crippen LogP contribution in [0.25, 0.3) is 0 Å². The zero-order valence-corrected chi connectivity index (χ0v) is 17.0. The Labute approximate surface area is 168 Å². The standard InChI is InChI=1S/C19H24N4O4S/c1-12-17(28-22-21-12)19(25)23-9-7-13(8-10-23)11-20-18(24)14-5-4-6-15(26-2)16(14)27-3/h4-6,13H,7-11H2,1-3H3,(H,20,24). The third-order valence-corrected chi connectivity index (χ3v) is 5.76. The third-order valence-electron chi connectivity index (χ3n) is 4.95. The summed E-state index contributed by atoms with van der Waals surface area (Å²) in [6.07, 6.45) is 1.68. The Balaban J connectivity index is 1.53. The second-order valence-corrected chi connectivity index (χ2v) is 7.43. The van der Waals surface area contributed by atoms with Gasteiger partial charge < -0.3 is 19.7 Å². The number of ether oxygens (including phenoxy) is 2. The third kappa shape index (κ3) is 4.24. The summed E-state index contributed by atoms with van der Waals surface area (Å²) >= 11 is 1.14. The smallest absolute Gasteiger partial charge is 0.267 e. The Morgan fingerprint density at radius 2 is 2.00 bits per heavy atom. The molecular weight excluding hydrogens is 380 g/mol. The number of carbonyl (C=O) groups is 2. The zero-order chi connectivity index (χ0) is 20.1. The van der Waals surface area contributed by atoms with Crippen molar-refractivity contribution in [3.63, 3.8) is 0 Å². The highest BCUT2D eigenvalue weighted by Crippen LogP contribution is 2.30. The van der Waals surface area contributed by atoms with Gasteiger partial charge in [0.2, 0.25) is 0 Å². The van der Waals surface area contributed by atoms with Crippen LogP contribution in [0.5, 0.6) is 11.5 Å². The molecule has 3 rings (SSSR count). The molecule has 8 nitrogen and oxygen atoms in total. The first-order valence-corrected chi connectivity index (χ1v) is 9.90. The van der Waals surface area contributed by atoms with Gasteiger partial charge in [0.05, 0.1) is 25.5 Å². The molecular formula is C19H24N4O4S. The number of nitrogens with zero attached hydrogens (tertiary/aromatic N) is 3. The summed E-state index contributed by atoms with van der Waals surface area (Å²) in [6, 6.07) is 5.22. The van der Waals surface area contributed by atoms with Gasteiger partial charge in [-0.15, -0.1) is 5.10 Å². The van der Waals surface area contributed by atoms with Crippen molar-refractivity contribution >= 4 is 23.3 Å². The fourth-order valence-electron chi connectivity index (χ4n) is 3.31. The van der Waals surface area contributed by atoms with E-state index in [1.807, 2.05) is 4.90 Å². The van der Waals surface area contributed by atoms with Crippen LogP contribution in [0.3, 0.4) is 0 Å². The highest BCUT2D eigenvalue weighted by Gasteiger charge is 2.26. The van der Waals surface area contributed by atoms with Gasteiger partial charge in [-0.05, 0) is 49.3 Å². The van der Waals surface area contributed by atoms with E-state index in [0.29, 0.717) is 53.2 Å². The molecule has 28 heavy (non-hydrogen) atoms. The minimum atomic E-state index is -0.194. The number of nitrogens with one attached hydrogen (secondary N) is 1. The van der Waals surface area contributed by atoms with Crippen LogP contribution in [-0.4, -0.2) is 60.2 Å². The van der Waals surface area contributed by atoms with E-state index in [-0.39, 0.29) is 11.8 Å². The van der Waals surface area contributed by atoms with Crippen LogP contribution in [-0.2, 0) is 0 Å². The Morgan fingerprint density at radius 1 is 1.25 bits per heavy atom. The molecule has 0 atom stereocenters. The van der Waals surface area contributed by atoms with Gasteiger partial charge in [0.1, 0.15) is 4.88 Å². The van der Waals surface area contributed by atoms with Gasteiger partial charge in [-0.2, -0.15) is 0 Å². The number of carbonyl (C=O) groups excluding carboxylic acids is 2. The molecule has 1 N–H and O–H groups in total. The van der Waals surface area contributed by atoms with Crippen LogP contribution < -0.4 is 14.8 Å². The number of aryl methyl sites for hydroxylation is 1. The number of benzene rings is 1. The highest BCUT2D eigenvalue weighted by molar-refractivity contribution is 7.07. The van der Waals surface area contributed by atoms with Crippen molar-refractivity contribution in [2.45, 2.75) is 19.8 Å². The van der Waals surface area contributed by atoms with E-state index in [1.54, 1.807) is 32.2 Å². The first-order chi connectivity index (χ1) is 13.5. The molecule has 0 saturated carbocycles. The van der Waals surface area contributed by atoms with Gasteiger partial charge in [0, 0.05) is 19.6 Å². The molecule has 2 amide bonds. The molecule has 0 bridgehead atoms. The number of aromatic nitrogens is 2. The van der Waals surface area contributed by atoms with Crippen LogP contribution >= 0.6 is 11.5 Å². The molecule has 1 aromatic carbocycles. The highest BCUT2D eigenvalue weighted by atomic mass is 32.1. The number of hydrogen-bond acceptors (Lipinski definition) is 7. The summed E-state index contributed by atoms with van der Waals surface area (Å²) in [7, 11) is 3.06. The van der Waals surface area contributed by atoms with Gasteiger partial charge in [-0.3, -0.25) is 9.59 Å². The summed E-state index contributed by atoms with van der Waals surface area (Å²) in [6.45, 7) is 3.69. The Hall–Kier alpha value is -2.68. The lowest BCUT2D eigenvalue weighted by Gasteiger charge is -2.31. The van der Waals surface area contributed by atoms with E-state index < -0.39 is 0 Å². The van der Waals surface area contributed by atoms with Crippen molar-refractivity contribution in [3.8, 4) is 11.5 Å². The van der Waals surface area contributed by atoms with E-state index in [1.165, 1.54) is 7.11 Å². The van der Waals surface area contributed by atoms with Crippen LogP contribution in [0.4, 0.5) is 0 Å². The fourth-order valence-corrected chi connectivity index (χ4v) is 3.93. The van der Waals surface area contributed by atoms with E-state index in [0.717, 1.165) is 24.4 Å². The lowest BCUT2D eigenvalue weighted by atomic mass is 9.96. The molecule has 0 unspecified atom stereocenters. The van der Waals surface area contributed by atoms with Crippen molar-refractivity contribution in [1.82, 2.24) is 19.8 Å². The van der Waals surface area contributed by atoms with E-state index in [4.69, 9.17) is 9.47 Å². The lowest BCUT2D eigenvalue weighted by Crippen LogP contribution is -2.41. The average molecular weight is 404 g/mol. The number of para-hydroxylation sites is 1. The Bertz CT molecular complexity index is 846. The first-order valence-electron chi connectivity index (χ1n) is 9.12. The molecule has 9 heteroatoms. The van der Waals surface area contributed by atoms with Crippen LogP contribution in [0, 0.1) is 12.8 Å². The van der Waals surface area contributed by atoms with E-state index in [2.05, 4.69) is 14.9 Å². The predicted octanol–water partition coefficient (Wildman–Crippen LogP) is 2.15. The SMILES string of the molecule is COc1cccc(C(=O)NCC2CCN(C(=O)c3snnc3C)CC2)c1OC. The van der Waals surface area contributed by atoms with Crippen LogP contribution in [0.15, 0.2) is 18.2 Å². The molecule has 1 saturated heterocycles. The van der Waals surface area contributed by atoms with Gasteiger partial charge in [-0.1, -0.05) is 10.6 Å². The lowest BCUT2D eigenvalue weighted by molar-refractivity contribution is 0.0688. The molecule has 0 aliphatic carbocycles. The molecule has 1 aliphatic heterocycles. The molecule has 1 aromatic heterocycles. The first kappa shape index (κ1) is 20.1. The number of amides is 2. The Morgan fingerprint density at radius 3 is 2.61 bits per heavy atom. The minimum Gasteiger partial charge on any atom is -0.493 e. The molecule has 0 radical (unpaired) electrons. The number of likely N-dealkylation sites (tertiary alicyclic amines) is 1. The van der Waals surface area contributed by atoms with Crippen molar-refractivity contribution in [1.29, 1.82) is 0 Å². The molecule has 1 aliphatic rings. The maximum Gasteiger partial charge on any atom is 0.267 e. The van der Waals surface area contributed by atoms with Crippen LogP contribution in [0.1, 0.15) is 38.6 Å². The summed E-state index contributed by atoms with van der Waals surface area (Å²) in [4.78, 5) is 27.6. The summed E-state index contributed by atoms with van der Waals surface area (Å²) in [5.74, 6) is 1.08. The van der Waals surface area contributed by atoms with Crippen LogP contribution in [0.2, 0.25) is 0 Å². The largest absolute Gasteiger partial charge is 0.493 e. The van der Waals surface area contributed by atoms with Gasteiger partial charge in [-0.25, -0.2) is 0 Å². The molecule has 0 spiro atoms. The molecule has 150 valence electrons. The van der Waals surface area contributed by atoms with Crippen molar-refractivity contribution in [2.24, 2.45) is 5.92 Å². The quantitative estimate of drug-likeness (QED) is 0.793. The van der Waals surface area contributed by atoms with E-state index >= 15 is 0 Å². The molecule has 2 heterocycles. The topological polar surface area (TPSA) is 93.7 Å². The number of methoxy groups -OCH3 is 2. The Kier molecular flexibility index (Phi) is 6.45. The number of rotatable bonds is 6. The zero-order valence-electron chi connectivity index (χ0n) is 16.2. The van der Waals surface area contributed by atoms with Crippen molar-refractivity contribution < 1.29 is 19.1 Å². The second kappa shape index (κ2) is 9.01. The van der Waals surface area contributed by atoms with Gasteiger partial charge >= 0.3 is 0 Å². The van der Waals surface area contributed by atoms with Crippen molar-refractivity contribution in [3.05, 3.63) is 34.3 Å². The molecule has 1 fully saturated rings. The summed E-state index contributed by atoms with van der Waals surface area (Å²) < 4.78 is 14.4. The summed E-state index contributed by atoms with van der Waals surface area (Å²) in [5, 5.41) is 6.89. The van der Waals surface area contributed by atoms with Crippen molar-refractivity contribution in [2.75, 3.05) is 33.9 Å². The average Bonchev–Trinajstić information content (AvgIpc) is 3.16. The summed E-state index contributed by atoms with van der Waals surface area (Å²) in [5.41, 5.74) is 1.12. The number of piperidine rings is 1. The molecule has 2 aromatic rings. The normalized spacial score (nSPS) is 14.6.